The van der Waals surface area contributed by atoms with Crippen molar-refractivity contribution < 1.29 is 14.3 Å². The standard InChI is InChI=1S/C13H14O3/c1-9-3-6-12(16-9)11-5-4-10(8-14)7-13(11)15-2/h3-7,14H,8H2,1-2H3. The van der Waals surface area contributed by atoms with Gasteiger partial charge in [0.15, 0.2) is 0 Å². The molecule has 3 nitrogen and oxygen atoms in total. The van der Waals surface area contributed by atoms with Crippen molar-refractivity contribution in [1.82, 2.24) is 0 Å². The summed E-state index contributed by atoms with van der Waals surface area (Å²) in [4.78, 5) is 0. The van der Waals surface area contributed by atoms with Crippen molar-refractivity contribution in [3.8, 4) is 17.1 Å². The largest absolute Gasteiger partial charge is 0.496 e. The summed E-state index contributed by atoms with van der Waals surface area (Å²) in [5, 5.41) is 9.04. The van der Waals surface area contributed by atoms with E-state index in [1.807, 2.05) is 37.3 Å². The van der Waals surface area contributed by atoms with Crippen LogP contribution in [0.25, 0.3) is 11.3 Å². The van der Waals surface area contributed by atoms with Gasteiger partial charge in [0.25, 0.3) is 0 Å². The molecule has 2 rings (SSSR count). The lowest BCUT2D eigenvalue weighted by atomic mass is 10.1. The van der Waals surface area contributed by atoms with Gasteiger partial charge in [-0.3, -0.25) is 0 Å². The first-order valence-corrected chi connectivity index (χ1v) is 5.09. The zero-order valence-electron chi connectivity index (χ0n) is 9.36. The minimum absolute atomic E-state index is 0.00776. The molecule has 0 saturated heterocycles. The molecule has 0 atom stereocenters. The molecule has 0 unspecified atom stereocenters. The molecular weight excluding hydrogens is 204 g/mol. The highest BCUT2D eigenvalue weighted by Gasteiger charge is 2.09. The number of rotatable bonds is 3. The Morgan fingerprint density at radius 1 is 1.25 bits per heavy atom. The average Bonchev–Trinajstić information content (AvgIpc) is 2.74. The number of aryl methyl sites for hydroxylation is 1. The van der Waals surface area contributed by atoms with Crippen LogP contribution < -0.4 is 4.74 Å². The first-order valence-electron chi connectivity index (χ1n) is 5.09. The number of hydrogen-bond acceptors (Lipinski definition) is 3. The van der Waals surface area contributed by atoms with Crippen molar-refractivity contribution in [2.24, 2.45) is 0 Å². The van der Waals surface area contributed by atoms with E-state index in [4.69, 9.17) is 14.3 Å². The second-order valence-corrected chi connectivity index (χ2v) is 3.60. The topological polar surface area (TPSA) is 42.6 Å². The van der Waals surface area contributed by atoms with E-state index in [9.17, 15) is 0 Å². The molecule has 0 saturated carbocycles. The van der Waals surface area contributed by atoms with Gasteiger partial charge in [-0.2, -0.15) is 0 Å². The lowest BCUT2D eigenvalue weighted by Gasteiger charge is -2.07. The van der Waals surface area contributed by atoms with Gasteiger partial charge >= 0.3 is 0 Å². The lowest BCUT2D eigenvalue weighted by molar-refractivity contribution is 0.281. The average molecular weight is 218 g/mol. The van der Waals surface area contributed by atoms with Crippen molar-refractivity contribution in [1.29, 1.82) is 0 Å². The molecule has 1 aromatic heterocycles. The Labute approximate surface area is 94.3 Å². The molecule has 0 spiro atoms. The van der Waals surface area contributed by atoms with Crippen molar-refractivity contribution in [2.45, 2.75) is 13.5 Å². The van der Waals surface area contributed by atoms with E-state index in [0.29, 0.717) is 5.75 Å². The summed E-state index contributed by atoms with van der Waals surface area (Å²) in [5.74, 6) is 2.35. The minimum Gasteiger partial charge on any atom is -0.496 e. The van der Waals surface area contributed by atoms with Crippen LogP contribution in [0.5, 0.6) is 5.75 Å². The Kier molecular flexibility index (Phi) is 2.97. The third kappa shape index (κ3) is 1.95. The van der Waals surface area contributed by atoms with Gasteiger partial charge in [0.1, 0.15) is 17.3 Å². The number of methoxy groups -OCH3 is 1. The molecule has 0 bridgehead atoms. The summed E-state index contributed by atoms with van der Waals surface area (Å²) in [7, 11) is 1.61. The van der Waals surface area contributed by atoms with Gasteiger partial charge in [0.05, 0.1) is 19.3 Å². The van der Waals surface area contributed by atoms with E-state index in [1.165, 1.54) is 0 Å². The molecule has 0 fully saturated rings. The Morgan fingerprint density at radius 3 is 2.62 bits per heavy atom. The van der Waals surface area contributed by atoms with Gasteiger partial charge in [-0.1, -0.05) is 6.07 Å². The molecule has 0 aliphatic carbocycles. The molecule has 3 heteroatoms. The third-order valence-corrected chi connectivity index (χ3v) is 2.45. The van der Waals surface area contributed by atoms with Crippen LogP contribution in [-0.4, -0.2) is 12.2 Å². The normalized spacial score (nSPS) is 10.4. The summed E-state index contributed by atoms with van der Waals surface area (Å²) in [5.41, 5.74) is 1.72. The molecule has 0 aliphatic rings. The monoisotopic (exact) mass is 218 g/mol. The molecule has 1 heterocycles. The molecule has 0 radical (unpaired) electrons. The number of ether oxygens (including phenoxy) is 1. The second kappa shape index (κ2) is 4.41. The molecular formula is C13H14O3. The van der Waals surface area contributed by atoms with Crippen molar-refractivity contribution >= 4 is 0 Å². The predicted molar refractivity (Wildman–Crippen MR) is 61.4 cm³/mol. The van der Waals surface area contributed by atoms with Crippen molar-refractivity contribution in [3.05, 3.63) is 41.7 Å². The summed E-state index contributed by atoms with van der Waals surface area (Å²) in [6, 6.07) is 9.38. The molecule has 1 N–H and O–H groups in total. The minimum atomic E-state index is 0.00776. The third-order valence-electron chi connectivity index (χ3n) is 2.45. The van der Waals surface area contributed by atoms with Crippen LogP contribution in [0.3, 0.4) is 0 Å². The van der Waals surface area contributed by atoms with Crippen LogP contribution in [0.4, 0.5) is 0 Å². The van der Waals surface area contributed by atoms with Crippen LogP contribution in [0.2, 0.25) is 0 Å². The van der Waals surface area contributed by atoms with Crippen LogP contribution in [-0.2, 0) is 6.61 Å². The Bertz CT molecular complexity index is 486. The highest BCUT2D eigenvalue weighted by molar-refractivity contribution is 5.66. The molecule has 1 aromatic carbocycles. The first-order chi connectivity index (χ1) is 7.74. The van der Waals surface area contributed by atoms with Crippen LogP contribution >= 0.6 is 0 Å². The summed E-state index contributed by atoms with van der Waals surface area (Å²) < 4.78 is 10.8. The summed E-state index contributed by atoms with van der Waals surface area (Å²) in [6.45, 7) is 1.91. The number of benzene rings is 1. The SMILES string of the molecule is COc1cc(CO)ccc1-c1ccc(C)o1. The van der Waals surface area contributed by atoms with Crippen LogP contribution in [0, 0.1) is 6.92 Å². The van der Waals surface area contributed by atoms with Gasteiger partial charge in [0.2, 0.25) is 0 Å². The number of aliphatic hydroxyl groups is 1. The number of aliphatic hydroxyl groups excluding tert-OH is 1. The van der Waals surface area contributed by atoms with Gasteiger partial charge in [-0.05, 0) is 36.8 Å². The Balaban J connectivity index is 2.48. The van der Waals surface area contributed by atoms with Crippen LogP contribution in [0.15, 0.2) is 34.7 Å². The lowest BCUT2D eigenvalue weighted by Crippen LogP contribution is -1.90. The summed E-state index contributed by atoms with van der Waals surface area (Å²) in [6.07, 6.45) is 0. The van der Waals surface area contributed by atoms with Gasteiger partial charge in [-0.15, -0.1) is 0 Å². The Hall–Kier alpha value is -1.74. The fourth-order valence-electron chi connectivity index (χ4n) is 1.62. The van der Waals surface area contributed by atoms with Gasteiger partial charge in [-0.25, -0.2) is 0 Å². The van der Waals surface area contributed by atoms with E-state index in [0.717, 1.165) is 22.6 Å². The van der Waals surface area contributed by atoms with E-state index in [-0.39, 0.29) is 6.61 Å². The molecule has 0 amide bonds. The second-order valence-electron chi connectivity index (χ2n) is 3.60. The van der Waals surface area contributed by atoms with Crippen molar-refractivity contribution in [3.63, 3.8) is 0 Å². The highest BCUT2D eigenvalue weighted by atomic mass is 16.5. The van der Waals surface area contributed by atoms with Gasteiger partial charge in [0, 0.05) is 0 Å². The number of furan rings is 1. The first kappa shape index (κ1) is 10.8. The molecule has 84 valence electrons. The predicted octanol–water partition coefficient (Wildman–Crippen LogP) is 2.76. The smallest absolute Gasteiger partial charge is 0.137 e. The zero-order chi connectivity index (χ0) is 11.5. The van der Waals surface area contributed by atoms with E-state index >= 15 is 0 Å². The summed E-state index contributed by atoms with van der Waals surface area (Å²) >= 11 is 0. The van der Waals surface area contributed by atoms with E-state index in [2.05, 4.69) is 0 Å². The van der Waals surface area contributed by atoms with E-state index < -0.39 is 0 Å². The quantitative estimate of drug-likeness (QED) is 0.861. The van der Waals surface area contributed by atoms with Gasteiger partial charge < -0.3 is 14.3 Å². The Morgan fingerprint density at radius 2 is 2.06 bits per heavy atom. The number of hydrogen-bond donors (Lipinski definition) is 1. The van der Waals surface area contributed by atoms with Crippen molar-refractivity contribution in [2.75, 3.05) is 7.11 Å². The maximum Gasteiger partial charge on any atom is 0.137 e. The van der Waals surface area contributed by atoms with E-state index in [1.54, 1.807) is 7.11 Å². The molecule has 2 aromatic rings. The maximum atomic E-state index is 9.04. The fraction of sp³-hybridized carbons (Fsp3) is 0.231. The fourth-order valence-corrected chi connectivity index (χ4v) is 1.62. The molecule has 0 aliphatic heterocycles. The zero-order valence-corrected chi connectivity index (χ0v) is 9.36. The van der Waals surface area contributed by atoms with Crippen LogP contribution in [0.1, 0.15) is 11.3 Å². The molecule has 16 heavy (non-hydrogen) atoms. The maximum absolute atomic E-state index is 9.04. The highest BCUT2D eigenvalue weighted by Crippen LogP contribution is 2.31.